The Morgan fingerprint density at radius 1 is 0.889 bits per heavy atom. The molecule has 3 aromatic carbocycles. The summed E-state index contributed by atoms with van der Waals surface area (Å²) in [6, 6.07) is 27.7. The number of rotatable bonds is 6. The highest BCUT2D eigenvalue weighted by Crippen LogP contribution is 2.23. The molecular formula is C22H19N3OS. The summed E-state index contributed by atoms with van der Waals surface area (Å²) in [6.45, 7) is 0. The van der Waals surface area contributed by atoms with Gasteiger partial charge in [0.2, 0.25) is 5.91 Å². The van der Waals surface area contributed by atoms with Crippen LogP contribution < -0.4 is 5.32 Å². The first kappa shape index (κ1) is 17.4. The smallest absolute Gasteiger partial charge is 0.231 e. The Morgan fingerprint density at radius 2 is 1.48 bits per heavy atom. The molecule has 4 rings (SSSR count). The topological polar surface area (TPSA) is 57.8 Å². The number of thioether (sulfide) groups is 1. The fraction of sp³-hybridized carbons (Fsp3) is 0.0909. The molecule has 134 valence electrons. The number of amides is 1. The Labute approximate surface area is 162 Å². The minimum Gasteiger partial charge on any atom is -0.344 e. The van der Waals surface area contributed by atoms with Gasteiger partial charge in [0, 0.05) is 0 Å². The highest BCUT2D eigenvalue weighted by Gasteiger charge is 2.17. The maximum absolute atomic E-state index is 12.6. The molecule has 4 nitrogen and oxygen atoms in total. The number of imidazole rings is 1. The molecule has 2 N–H and O–H groups in total. The van der Waals surface area contributed by atoms with Gasteiger partial charge in [0.1, 0.15) is 0 Å². The van der Waals surface area contributed by atoms with Crippen LogP contribution in [0.3, 0.4) is 0 Å². The van der Waals surface area contributed by atoms with Crippen LogP contribution in [0.4, 0.5) is 0 Å². The van der Waals surface area contributed by atoms with E-state index in [1.807, 2.05) is 84.9 Å². The second-order valence-corrected chi connectivity index (χ2v) is 7.13. The molecule has 1 aromatic heterocycles. The Hall–Kier alpha value is -3.05. The van der Waals surface area contributed by atoms with Crippen LogP contribution in [0, 0.1) is 0 Å². The Morgan fingerprint density at radius 3 is 2.11 bits per heavy atom. The van der Waals surface area contributed by atoms with Gasteiger partial charge in [0.25, 0.3) is 0 Å². The van der Waals surface area contributed by atoms with Gasteiger partial charge in [-0.2, -0.15) is 0 Å². The fourth-order valence-electron chi connectivity index (χ4n) is 2.98. The monoisotopic (exact) mass is 373 g/mol. The summed E-state index contributed by atoms with van der Waals surface area (Å²) < 4.78 is 0. The largest absolute Gasteiger partial charge is 0.344 e. The molecule has 0 bridgehead atoms. The van der Waals surface area contributed by atoms with E-state index in [-0.39, 0.29) is 11.9 Å². The van der Waals surface area contributed by atoms with Crippen LogP contribution in [0.2, 0.25) is 0 Å². The number of aromatic nitrogens is 2. The van der Waals surface area contributed by atoms with Crippen molar-refractivity contribution >= 4 is 28.7 Å². The van der Waals surface area contributed by atoms with Gasteiger partial charge in [-0.1, -0.05) is 84.6 Å². The van der Waals surface area contributed by atoms with Gasteiger partial charge in [0.15, 0.2) is 5.16 Å². The molecule has 1 amide bonds. The van der Waals surface area contributed by atoms with Gasteiger partial charge >= 0.3 is 0 Å². The molecule has 4 aromatic rings. The van der Waals surface area contributed by atoms with Crippen molar-refractivity contribution in [2.24, 2.45) is 0 Å². The number of para-hydroxylation sites is 2. The third-order valence-electron chi connectivity index (χ3n) is 4.28. The van der Waals surface area contributed by atoms with Gasteiger partial charge in [0.05, 0.1) is 22.8 Å². The molecular weight excluding hydrogens is 354 g/mol. The molecule has 0 unspecified atom stereocenters. The normalized spacial score (nSPS) is 11.0. The average Bonchev–Trinajstić information content (AvgIpc) is 3.15. The van der Waals surface area contributed by atoms with Crippen molar-refractivity contribution in [3.05, 3.63) is 96.1 Å². The second-order valence-electron chi connectivity index (χ2n) is 6.17. The van der Waals surface area contributed by atoms with E-state index in [4.69, 9.17) is 0 Å². The summed E-state index contributed by atoms with van der Waals surface area (Å²) in [5.41, 5.74) is 4.01. The van der Waals surface area contributed by atoms with Crippen molar-refractivity contribution in [2.45, 2.75) is 11.2 Å². The Kier molecular flexibility index (Phi) is 5.21. The molecule has 0 saturated carbocycles. The molecule has 0 fully saturated rings. The van der Waals surface area contributed by atoms with Crippen LogP contribution >= 0.6 is 11.8 Å². The third-order valence-corrected chi connectivity index (χ3v) is 5.15. The molecule has 0 spiro atoms. The first-order chi connectivity index (χ1) is 13.3. The lowest BCUT2D eigenvalue weighted by Gasteiger charge is -2.19. The van der Waals surface area contributed by atoms with Crippen LogP contribution in [-0.2, 0) is 4.79 Å². The molecule has 27 heavy (non-hydrogen) atoms. The maximum atomic E-state index is 12.6. The van der Waals surface area contributed by atoms with E-state index in [1.165, 1.54) is 11.8 Å². The number of benzene rings is 3. The summed E-state index contributed by atoms with van der Waals surface area (Å²) in [5, 5.41) is 3.90. The second kappa shape index (κ2) is 8.10. The van der Waals surface area contributed by atoms with E-state index in [2.05, 4.69) is 15.3 Å². The fourth-order valence-corrected chi connectivity index (χ4v) is 3.68. The molecule has 5 heteroatoms. The van der Waals surface area contributed by atoms with Gasteiger partial charge in [-0.3, -0.25) is 4.79 Å². The average molecular weight is 373 g/mol. The summed E-state index contributed by atoms with van der Waals surface area (Å²) in [4.78, 5) is 20.4. The number of carbonyl (C=O) groups excluding carboxylic acids is 1. The summed E-state index contributed by atoms with van der Waals surface area (Å²) in [7, 11) is 0. The van der Waals surface area contributed by atoms with E-state index in [0.29, 0.717) is 5.75 Å². The lowest BCUT2D eigenvalue weighted by Crippen LogP contribution is -2.30. The number of carbonyl (C=O) groups is 1. The predicted molar refractivity (Wildman–Crippen MR) is 110 cm³/mol. The summed E-state index contributed by atoms with van der Waals surface area (Å²) in [5.74, 6) is 0.272. The number of nitrogens with zero attached hydrogens (tertiary/aromatic N) is 1. The number of fused-ring (bicyclic) bond motifs is 1. The SMILES string of the molecule is O=C(CSc1nc2ccccc2[nH]1)NC(c1ccccc1)c1ccccc1. The molecule has 0 radical (unpaired) electrons. The first-order valence-corrected chi connectivity index (χ1v) is 9.75. The van der Waals surface area contributed by atoms with Crippen LogP contribution in [0.15, 0.2) is 90.1 Å². The van der Waals surface area contributed by atoms with Crippen molar-refractivity contribution in [3.63, 3.8) is 0 Å². The van der Waals surface area contributed by atoms with E-state index in [1.54, 1.807) is 0 Å². The molecule has 1 heterocycles. The van der Waals surface area contributed by atoms with Gasteiger partial charge in [-0.25, -0.2) is 4.98 Å². The van der Waals surface area contributed by atoms with Gasteiger partial charge < -0.3 is 10.3 Å². The molecule has 0 atom stereocenters. The zero-order chi connectivity index (χ0) is 18.5. The Bertz CT molecular complexity index is 959. The predicted octanol–water partition coefficient (Wildman–Crippen LogP) is 4.56. The molecule has 0 aliphatic heterocycles. The quantitative estimate of drug-likeness (QED) is 0.487. The van der Waals surface area contributed by atoms with E-state index in [9.17, 15) is 4.79 Å². The number of aromatic amines is 1. The van der Waals surface area contributed by atoms with E-state index in [0.717, 1.165) is 27.3 Å². The number of H-pyrrole nitrogens is 1. The van der Waals surface area contributed by atoms with Crippen molar-refractivity contribution < 1.29 is 4.79 Å². The standard InChI is InChI=1S/C22H19N3OS/c26-20(15-27-22-23-18-13-7-8-14-19(18)24-22)25-21(16-9-3-1-4-10-16)17-11-5-2-6-12-17/h1-14,21H,15H2,(H,23,24)(H,25,26). The van der Waals surface area contributed by atoms with Crippen molar-refractivity contribution in [3.8, 4) is 0 Å². The van der Waals surface area contributed by atoms with Gasteiger partial charge in [-0.15, -0.1) is 0 Å². The summed E-state index contributed by atoms with van der Waals surface area (Å²) >= 11 is 1.41. The third kappa shape index (κ3) is 4.20. The van der Waals surface area contributed by atoms with Crippen LogP contribution in [0.25, 0.3) is 11.0 Å². The highest BCUT2D eigenvalue weighted by molar-refractivity contribution is 7.99. The lowest BCUT2D eigenvalue weighted by molar-refractivity contribution is -0.119. The Balaban J connectivity index is 1.47. The number of nitrogens with one attached hydrogen (secondary N) is 2. The highest BCUT2D eigenvalue weighted by atomic mass is 32.2. The maximum Gasteiger partial charge on any atom is 0.231 e. The van der Waals surface area contributed by atoms with Crippen molar-refractivity contribution in [1.82, 2.24) is 15.3 Å². The molecule has 0 aliphatic rings. The molecule has 0 aliphatic carbocycles. The number of hydrogen-bond acceptors (Lipinski definition) is 3. The lowest BCUT2D eigenvalue weighted by atomic mass is 9.99. The van der Waals surface area contributed by atoms with Crippen molar-refractivity contribution in [2.75, 3.05) is 5.75 Å². The molecule has 0 saturated heterocycles. The van der Waals surface area contributed by atoms with Gasteiger partial charge in [-0.05, 0) is 23.3 Å². The first-order valence-electron chi connectivity index (χ1n) is 8.76. The van der Waals surface area contributed by atoms with Crippen LogP contribution in [0.1, 0.15) is 17.2 Å². The summed E-state index contributed by atoms with van der Waals surface area (Å²) in [6.07, 6.45) is 0. The van der Waals surface area contributed by atoms with Crippen molar-refractivity contribution in [1.29, 1.82) is 0 Å². The minimum absolute atomic E-state index is 0.0295. The number of hydrogen-bond donors (Lipinski definition) is 2. The van der Waals surface area contributed by atoms with E-state index >= 15 is 0 Å². The van der Waals surface area contributed by atoms with E-state index < -0.39 is 0 Å². The zero-order valence-corrected chi connectivity index (χ0v) is 15.4. The minimum atomic E-state index is -0.170. The van der Waals surface area contributed by atoms with Crippen LogP contribution in [0.5, 0.6) is 0 Å². The van der Waals surface area contributed by atoms with Crippen LogP contribution in [-0.4, -0.2) is 21.6 Å². The zero-order valence-electron chi connectivity index (χ0n) is 14.6.